The normalized spacial score (nSPS) is 12.7. The highest BCUT2D eigenvalue weighted by Gasteiger charge is 2.19. The van der Waals surface area contributed by atoms with E-state index in [0.717, 1.165) is 23.6 Å². The van der Waals surface area contributed by atoms with Gasteiger partial charge in [-0.05, 0) is 71.6 Å². The third kappa shape index (κ3) is 3.45. The zero-order valence-corrected chi connectivity index (χ0v) is 15.1. The molecule has 0 fully saturated rings. The molecule has 1 N–H and O–H groups in total. The molecule has 0 saturated heterocycles. The van der Waals surface area contributed by atoms with Gasteiger partial charge in [-0.15, -0.1) is 11.3 Å². The van der Waals surface area contributed by atoms with Gasteiger partial charge >= 0.3 is 0 Å². The van der Waals surface area contributed by atoms with Gasteiger partial charge in [-0.25, -0.2) is 0 Å². The van der Waals surface area contributed by atoms with Crippen molar-refractivity contribution in [3.05, 3.63) is 54.6 Å². The summed E-state index contributed by atoms with van der Waals surface area (Å²) in [5.41, 5.74) is 3.71. The van der Waals surface area contributed by atoms with Crippen LogP contribution in [0.3, 0.4) is 0 Å². The van der Waals surface area contributed by atoms with Crippen LogP contribution in [0.1, 0.15) is 41.0 Å². The number of rotatable bonds is 5. The zero-order chi connectivity index (χ0) is 14.7. The van der Waals surface area contributed by atoms with Crippen LogP contribution >= 0.6 is 38.9 Å². The van der Waals surface area contributed by atoms with E-state index < -0.39 is 0 Å². The van der Waals surface area contributed by atoms with Crippen molar-refractivity contribution in [3.63, 3.8) is 0 Å². The molecule has 1 aromatic carbocycles. The van der Waals surface area contributed by atoms with Gasteiger partial charge in [-0.2, -0.15) is 0 Å². The number of hydrogen-bond acceptors (Lipinski definition) is 2. The van der Waals surface area contributed by atoms with Crippen LogP contribution in [0.5, 0.6) is 0 Å². The number of halogens is 2. The fourth-order valence-corrected chi connectivity index (χ4v) is 4.06. The highest BCUT2D eigenvalue weighted by molar-refractivity contribution is 9.11. The van der Waals surface area contributed by atoms with Crippen molar-refractivity contribution in [2.45, 2.75) is 33.2 Å². The average molecular weight is 373 g/mol. The first-order valence-electron chi connectivity index (χ1n) is 6.78. The van der Waals surface area contributed by atoms with Crippen molar-refractivity contribution in [2.75, 3.05) is 6.54 Å². The Bertz CT molecular complexity index is 575. The van der Waals surface area contributed by atoms with Gasteiger partial charge in [0.1, 0.15) is 0 Å². The number of thiophene rings is 1. The first kappa shape index (κ1) is 16.0. The van der Waals surface area contributed by atoms with Crippen LogP contribution in [0.15, 0.2) is 28.1 Å². The summed E-state index contributed by atoms with van der Waals surface area (Å²) in [7, 11) is 0. The quantitative estimate of drug-likeness (QED) is 0.692. The van der Waals surface area contributed by atoms with Crippen LogP contribution < -0.4 is 5.32 Å². The minimum atomic E-state index is 0.212. The summed E-state index contributed by atoms with van der Waals surface area (Å²) in [6.45, 7) is 7.40. The van der Waals surface area contributed by atoms with Crippen molar-refractivity contribution in [1.29, 1.82) is 0 Å². The maximum Gasteiger partial charge on any atom is 0.0731 e. The lowest BCUT2D eigenvalue weighted by atomic mass is 9.99. The molecule has 0 aliphatic carbocycles. The van der Waals surface area contributed by atoms with Crippen molar-refractivity contribution in [1.82, 2.24) is 5.32 Å². The zero-order valence-electron chi connectivity index (χ0n) is 12.0. The molecule has 0 bridgehead atoms. The SMILES string of the molecule is CCCNC(c1cc(C)c(Br)s1)c1cccc(Cl)c1C. The van der Waals surface area contributed by atoms with E-state index in [0.29, 0.717) is 0 Å². The van der Waals surface area contributed by atoms with Crippen LogP contribution in [0.2, 0.25) is 5.02 Å². The molecule has 0 spiro atoms. The molecule has 1 atom stereocenters. The molecule has 4 heteroatoms. The predicted molar refractivity (Wildman–Crippen MR) is 93.1 cm³/mol. The summed E-state index contributed by atoms with van der Waals surface area (Å²) < 4.78 is 1.20. The predicted octanol–water partition coefficient (Wildman–Crippen LogP) is 5.87. The third-order valence-electron chi connectivity index (χ3n) is 3.38. The summed E-state index contributed by atoms with van der Waals surface area (Å²) in [5.74, 6) is 0. The molecule has 20 heavy (non-hydrogen) atoms. The molecule has 1 aromatic heterocycles. The van der Waals surface area contributed by atoms with E-state index in [9.17, 15) is 0 Å². The maximum atomic E-state index is 6.28. The van der Waals surface area contributed by atoms with Gasteiger partial charge in [0, 0.05) is 9.90 Å². The highest BCUT2D eigenvalue weighted by atomic mass is 79.9. The topological polar surface area (TPSA) is 12.0 Å². The van der Waals surface area contributed by atoms with Crippen LogP contribution in [0.4, 0.5) is 0 Å². The Balaban J connectivity index is 2.44. The summed E-state index contributed by atoms with van der Waals surface area (Å²) in [6.07, 6.45) is 1.11. The van der Waals surface area contributed by atoms with Crippen molar-refractivity contribution >= 4 is 38.9 Å². The Morgan fingerprint density at radius 2 is 2.10 bits per heavy atom. The second-order valence-electron chi connectivity index (χ2n) is 4.95. The van der Waals surface area contributed by atoms with Crippen molar-refractivity contribution < 1.29 is 0 Å². The Labute approximate surface area is 138 Å². The van der Waals surface area contributed by atoms with E-state index >= 15 is 0 Å². The smallest absolute Gasteiger partial charge is 0.0731 e. The molecule has 2 rings (SSSR count). The van der Waals surface area contributed by atoms with Crippen LogP contribution in [-0.4, -0.2) is 6.54 Å². The second-order valence-corrected chi connectivity index (χ2v) is 7.76. The Morgan fingerprint density at radius 1 is 1.35 bits per heavy atom. The maximum absolute atomic E-state index is 6.28. The monoisotopic (exact) mass is 371 g/mol. The summed E-state index contributed by atoms with van der Waals surface area (Å²) in [4.78, 5) is 1.33. The molecule has 1 heterocycles. The van der Waals surface area contributed by atoms with Crippen LogP contribution in [-0.2, 0) is 0 Å². The van der Waals surface area contributed by atoms with Gasteiger partial charge in [0.05, 0.1) is 9.83 Å². The van der Waals surface area contributed by atoms with Crippen molar-refractivity contribution in [2.24, 2.45) is 0 Å². The Kier molecular flexibility index (Phi) is 5.67. The van der Waals surface area contributed by atoms with Gasteiger partial charge in [-0.1, -0.05) is 30.7 Å². The van der Waals surface area contributed by atoms with Crippen molar-refractivity contribution in [3.8, 4) is 0 Å². The van der Waals surface area contributed by atoms with E-state index in [1.807, 2.05) is 12.1 Å². The number of aryl methyl sites for hydroxylation is 1. The van der Waals surface area contributed by atoms with Gasteiger partial charge in [0.25, 0.3) is 0 Å². The van der Waals surface area contributed by atoms with Gasteiger partial charge in [0.2, 0.25) is 0 Å². The largest absolute Gasteiger partial charge is 0.306 e. The Hall–Kier alpha value is -0.350. The fraction of sp³-hybridized carbons (Fsp3) is 0.375. The second kappa shape index (κ2) is 7.08. The van der Waals surface area contributed by atoms with E-state index in [1.165, 1.54) is 19.8 Å². The molecular weight excluding hydrogens is 354 g/mol. The van der Waals surface area contributed by atoms with E-state index in [2.05, 4.69) is 54.2 Å². The molecule has 0 amide bonds. The van der Waals surface area contributed by atoms with Crippen LogP contribution in [0.25, 0.3) is 0 Å². The number of benzene rings is 1. The standard InChI is InChI=1S/C16H19BrClNS/c1-4-8-19-15(14-9-10(2)16(17)20-14)12-6-5-7-13(18)11(12)3/h5-7,9,15,19H,4,8H2,1-3H3. The highest BCUT2D eigenvalue weighted by Crippen LogP contribution is 2.36. The lowest BCUT2D eigenvalue weighted by Crippen LogP contribution is -2.23. The molecule has 1 nitrogen and oxygen atoms in total. The number of nitrogens with one attached hydrogen (secondary N) is 1. The summed E-state index contributed by atoms with van der Waals surface area (Å²) in [5, 5.41) is 4.47. The minimum Gasteiger partial charge on any atom is -0.306 e. The lowest BCUT2D eigenvalue weighted by Gasteiger charge is -2.20. The third-order valence-corrected chi connectivity index (χ3v) is 5.99. The van der Waals surface area contributed by atoms with Gasteiger partial charge in [0.15, 0.2) is 0 Å². The van der Waals surface area contributed by atoms with Gasteiger partial charge < -0.3 is 5.32 Å². The van der Waals surface area contributed by atoms with Crippen LogP contribution in [0, 0.1) is 13.8 Å². The molecule has 0 aliphatic rings. The average Bonchev–Trinajstić information content (AvgIpc) is 2.74. The Morgan fingerprint density at radius 3 is 2.70 bits per heavy atom. The molecular formula is C16H19BrClNS. The first-order valence-corrected chi connectivity index (χ1v) is 8.77. The van der Waals surface area contributed by atoms with Gasteiger partial charge in [-0.3, -0.25) is 0 Å². The molecule has 0 radical (unpaired) electrons. The molecule has 0 aliphatic heterocycles. The summed E-state index contributed by atoms with van der Waals surface area (Å²) in [6, 6.07) is 8.61. The lowest BCUT2D eigenvalue weighted by molar-refractivity contribution is 0.603. The van der Waals surface area contributed by atoms with E-state index in [-0.39, 0.29) is 6.04 Å². The fourth-order valence-electron chi connectivity index (χ4n) is 2.22. The minimum absolute atomic E-state index is 0.212. The van der Waals surface area contributed by atoms with E-state index in [1.54, 1.807) is 11.3 Å². The molecule has 108 valence electrons. The molecule has 2 aromatic rings. The number of hydrogen-bond donors (Lipinski definition) is 1. The molecule has 0 saturated carbocycles. The summed E-state index contributed by atoms with van der Waals surface area (Å²) >= 11 is 11.7. The molecule has 1 unspecified atom stereocenters. The first-order chi connectivity index (χ1) is 9.54. The van der Waals surface area contributed by atoms with E-state index in [4.69, 9.17) is 11.6 Å².